The van der Waals surface area contributed by atoms with Crippen LogP contribution in [-0.4, -0.2) is 36.2 Å². The quantitative estimate of drug-likeness (QED) is 0.725. The molecule has 6 nitrogen and oxygen atoms in total. The molecular formula is C18H19N5O. The van der Waals surface area contributed by atoms with Crippen LogP contribution < -0.4 is 0 Å². The van der Waals surface area contributed by atoms with Gasteiger partial charge in [-0.05, 0) is 37.1 Å². The van der Waals surface area contributed by atoms with Crippen molar-refractivity contribution in [1.82, 2.24) is 24.2 Å². The molecule has 1 aliphatic carbocycles. The molecule has 2 heterocycles. The molecule has 6 heteroatoms. The lowest BCUT2D eigenvalue weighted by Crippen LogP contribution is -2.33. The highest BCUT2D eigenvalue weighted by molar-refractivity contribution is 5.95. The van der Waals surface area contributed by atoms with Crippen LogP contribution in [0, 0.1) is 0 Å². The number of carbonyl (C=O) groups excluding carboxylic acids is 1. The van der Waals surface area contributed by atoms with Gasteiger partial charge in [-0.15, -0.1) is 0 Å². The monoisotopic (exact) mass is 321 g/mol. The smallest absolute Gasteiger partial charge is 0.254 e. The molecule has 0 bridgehead atoms. The number of hydrogen-bond donors (Lipinski definition) is 0. The van der Waals surface area contributed by atoms with Gasteiger partial charge >= 0.3 is 0 Å². The van der Waals surface area contributed by atoms with Gasteiger partial charge in [0.05, 0.1) is 12.2 Å². The Labute approximate surface area is 140 Å². The summed E-state index contributed by atoms with van der Waals surface area (Å²) in [6, 6.07) is 9.79. The normalized spacial score (nSPS) is 13.9. The van der Waals surface area contributed by atoms with Crippen molar-refractivity contribution in [3.05, 3.63) is 66.5 Å². The summed E-state index contributed by atoms with van der Waals surface area (Å²) in [6.07, 6.45) is 9.40. The highest BCUT2D eigenvalue weighted by atomic mass is 16.2. The van der Waals surface area contributed by atoms with Gasteiger partial charge in [0.1, 0.15) is 5.82 Å². The first-order valence-electron chi connectivity index (χ1n) is 8.09. The van der Waals surface area contributed by atoms with Crippen LogP contribution in [0.1, 0.15) is 29.0 Å². The van der Waals surface area contributed by atoms with E-state index in [0.29, 0.717) is 18.2 Å². The maximum atomic E-state index is 13.0. The molecule has 0 saturated heterocycles. The standard InChI is InChI=1S/C18H19N5O/c1-21-11-9-19-17(21)13-22(15-6-7-15)18(24)14-4-2-5-16(12-14)23-10-3-8-20-23/h2-5,8-12,15H,6-7,13H2,1H3. The van der Waals surface area contributed by atoms with Crippen LogP contribution >= 0.6 is 0 Å². The average molecular weight is 321 g/mol. The topological polar surface area (TPSA) is 56.0 Å². The molecular weight excluding hydrogens is 302 g/mol. The summed E-state index contributed by atoms with van der Waals surface area (Å²) in [4.78, 5) is 19.3. The molecule has 1 aromatic carbocycles. The molecule has 0 spiro atoms. The van der Waals surface area contributed by atoms with Gasteiger partial charge in [-0.1, -0.05) is 6.07 Å². The number of nitrogens with zero attached hydrogens (tertiary/aromatic N) is 5. The molecule has 0 unspecified atom stereocenters. The fourth-order valence-electron chi connectivity index (χ4n) is 2.82. The van der Waals surface area contributed by atoms with Crippen molar-refractivity contribution in [2.45, 2.75) is 25.4 Å². The SMILES string of the molecule is Cn1ccnc1CN(C(=O)c1cccc(-n2cccn2)c1)C1CC1. The van der Waals surface area contributed by atoms with Crippen LogP contribution in [0.2, 0.25) is 0 Å². The van der Waals surface area contributed by atoms with Crippen molar-refractivity contribution in [2.75, 3.05) is 0 Å². The zero-order valence-electron chi connectivity index (χ0n) is 13.5. The van der Waals surface area contributed by atoms with Crippen molar-refractivity contribution in [3.63, 3.8) is 0 Å². The van der Waals surface area contributed by atoms with Gasteiger partial charge < -0.3 is 9.47 Å². The number of benzene rings is 1. The molecule has 24 heavy (non-hydrogen) atoms. The van der Waals surface area contributed by atoms with Gasteiger partial charge in [-0.3, -0.25) is 4.79 Å². The van der Waals surface area contributed by atoms with Gasteiger partial charge in [0.2, 0.25) is 0 Å². The highest BCUT2D eigenvalue weighted by Crippen LogP contribution is 2.29. The summed E-state index contributed by atoms with van der Waals surface area (Å²) in [5, 5.41) is 4.23. The Morgan fingerprint density at radius 3 is 2.79 bits per heavy atom. The van der Waals surface area contributed by atoms with Crippen LogP contribution in [0.25, 0.3) is 5.69 Å². The number of carbonyl (C=O) groups is 1. The fourth-order valence-corrected chi connectivity index (χ4v) is 2.82. The van der Waals surface area contributed by atoms with E-state index in [1.165, 1.54) is 0 Å². The number of rotatable bonds is 5. The first kappa shape index (κ1) is 14.7. The Hall–Kier alpha value is -2.89. The fraction of sp³-hybridized carbons (Fsp3) is 0.278. The minimum absolute atomic E-state index is 0.0505. The van der Waals surface area contributed by atoms with Crippen molar-refractivity contribution in [3.8, 4) is 5.69 Å². The Balaban J connectivity index is 1.61. The summed E-state index contributed by atoms with van der Waals surface area (Å²) in [7, 11) is 1.95. The van der Waals surface area contributed by atoms with E-state index in [1.807, 2.05) is 59.2 Å². The molecule has 0 atom stereocenters. The summed E-state index contributed by atoms with van der Waals surface area (Å²) >= 11 is 0. The van der Waals surface area contributed by atoms with Gasteiger partial charge in [0.25, 0.3) is 5.91 Å². The predicted molar refractivity (Wildman–Crippen MR) is 89.7 cm³/mol. The second-order valence-corrected chi connectivity index (χ2v) is 6.12. The molecule has 1 saturated carbocycles. The maximum Gasteiger partial charge on any atom is 0.254 e. The lowest BCUT2D eigenvalue weighted by molar-refractivity contribution is 0.0724. The number of hydrogen-bond acceptors (Lipinski definition) is 3. The number of amides is 1. The van der Waals surface area contributed by atoms with Gasteiger partial charge in [-0.25, -0.2) is 9.67 Å². The molecule has 1 fully saturated rings. The Morgan fingerprint density at radius 1 is 1.25 bits per heavy atom. The summed E-state index contributed by atoms with van der Waals surface area (Å²) in [6.45, 7) is 0.541. The molecule has 122 valence electrons. The first-order chi connectivity index (χ1) is 11.7. The molecule has 0 N–H and O–H groups in total. The second kappa shape index (κ2) is 5.96. The van der Waals surface area contributed by atoms with E-state index in [-0.39, 0.29) is 5.91 Å². The van der Waals surface area contributed by atoms with Crippen LogP contribution in [0.3, 0.4) is 0 Å². The molecule has 3 aromatic rings. The molecule has 0 radical (unpaired) electrons. The van der Waals surface area contributed by atoms with E-state index in [9.17, 15) is 4.79 Å². The number of imidazole rings is 1. The maximum absolute atomic E-state index is 13.0. The molecule has 2 aromatic heterocycles. The van der Waals surface area contributed by atoms with E-state index in [0.717, 1.165) is 24.4 Å². The summed E-state index contributed by atoms with van der Waals surface area (Å²) in [5.74, 6) is 0.952. The third-order valence-electron chi connectivity index (χ3n) is 4.34. The summed E-state index contributed by atoms with van der Waals surface area (Å²) in [5.41, 5.74) is 1.57. The van der Waals surface area contributed by atoms with E-state index in [4.69, 9.17) is 0 Å². The van der Waals surface area contributed by atoms with Crippen LogP contribution in [0.5, 0.6) is 0 Å². The largest absolute Gasteiger partial charge is 0.337 e. The van der Waals surface area contributed by atoms with Gasteiger partial charge in [-0.2, -0.15) is 5.10 Å². The van der Waals surface area contributed by atoms with Gasteiger partial charge in [0.15, 0.2) is 0 Å². The third-order valence-corrected chi connectivity index (χ3v) is 4.34. The lowest BCUT2D eigenvalue weighted by atomic mass is 10.1. The zero-order valence-corrected chi connectivity index (χ0v) is 13.5. The molecule has 1 aliphatic rings. The van der Waals surface area contributed by atoms with Crippen LogP contribution in [-0.2, 0) is 13.6 Å². The Kier molecular flexibility index (Phi) is 3.65. The van der Waals surface area contributed by atoms with Crippen molar-refractivity contribution < 1.29 is 4.79 Å². The number of aryl methyl sites for hydroxylation is 1. The van der Waals surface area contributed by atoms with Crippen LogP contribution in [0.4, 0.5) is 0 Å². The lowest BCUT2D eigenvalue weighted by Gasteiger charge is -2.22. The molecule has 4 rings (SSSR count). The van der Waals surface area contributed by atoms with Gasteiger partial charge in [0, 0.05) is 43.4 Å². The van der Waals surface area contributed by atoms with E-state index in [2.05, 4.69) is 10.1 Å². The Morgan fingerprint density at radius 2 is 2.12 bits per heavy atom. The van der Waals surface area contributed by atoms with E-state index >= 15 is 0 Å². The minimum atomic E-state index is 0.0505. The minimum Gasteiger partial charge on any atom is -0.337 e. The van der Waals surface area contributed by atoms with Crippen molar-refractivity contribution in [1.29, 1.82) is 0 Å². The second-order valence-electron chi connectivity index (χ2n) is 6.12. The highest BCUT2D eigenvalue weighted by Gasteiger charge is 2.33. The van der Waals surface area contributed by atoms with Crippen molar-refractivity contribution in [2.24, 2.45) is 7.05 Å². The third kappa shape index (κ3) is 2.82. The summed E-state index contributed by atoms with van der Waals surface area (Å²) < 4.78 is 3.72. The predicted octanol–water partition coefficient (Wildman–Crippen LogP) is 2.41. The van der Waals surface area contributed by atoms with Crippen molar-refractivity contribution >= 4 is 5.91 Å². The average Bonchev–Trinajstić information content (AvgIpc) is 3.13. The van der Waals surface area contributed by atoms with E-state index < -0.39 is 0 Å². The van der Waals surface area contributed by atoms with Crippen LogP contribution in [0.15, 0.2) is 55.1 Å². The van der Waals surface area contributed by atoms with E-state index in [1.54, 1.807) is 17.1 Å². The Bertz CT molecular complexity index is 848. The molecule has 1 amide bonds. The molecule has 0 aliphatic heterocycles. The number of aromatic nitrogens is 4. The zero-order chi connectivity index (χ0) is 16.5. The first-order valence-corrected chi connectivity index (χ1v) is 8.09.